The highest BCUT2D eigenvalue weighted by Crippen LogP contribution is 2.15. The van der Waals surface area contributed by atoms with Crippen molar-refractivity contribution in [2.75, 3.05) is 6.54 Å². The van der Waals surface area contributed by atoms with Crippen molar-refractivity contribution in [1.29, 1.82) is 0 Å². The van der Waals surface area contributed by atoms with Crippen molar-refractivity contribution < 1.29 is 9.90 Å². The molecule has 0 spiro atoms. The molecule has 168 valence electrons. The van der Waals surface area contributed by atoms with Gasteiger partial charge in [-0.25, -0.2) is 0 Å². The van der Waals surface area contributed by atoms with Gasteiger partial charge in [-0.2, -0.15) is 0 Å². The summed E-state index contributed by atoms with van der Waals surface area (Å²) in [6.45, 7) is 8.58. The van der Waals surface area contributed by atoms with Crippen molar-refractivity contribution >= 4 is 5.97 Å². The first-order valence-corrected chi connectivity index (χ1v) is 12.1. The standard InChI is InChI=1S/C24H43N.C2H4O2/c1-3-4-5-6-7-8-9-10-11-12-13-14-15-16-17-19-22-25-23-20-18-21-24(25)2;1-2(3)4/h18,20-21,23H,2-17,19,22H2,1H3;1H3,(H,3,4). The van der Waals surface area contributed by atoms with Crippen LogP contribution in [0.25, 0.3) is 0 Å². The minimum atomic E-state index is -0.833. The molecule has 0 unspecified atom stereocenters. The zero-order chi connectivity index (χ0) is 21.6. The lowest BCUT2D eigenvalue weighted by atomic mass is 10.0. The van der Waals surface area contributed by atoms with E-state index in [9.17, 15) is 0 Å². The molecule has 0 saturated heterocycles. The van der Waals surface area contributed by atoms with E-state index in [4.69, 9.17) is 9.90 Å². The number of carbonyl (C=O) groups is 1. The molecule has 0 bridgehead atoms. The zero-order valence-corrected chi connectivity index (χ0v) is 19.3. The number of hydrogen-bond acceptors (Lipinski definition) is 2. The van der Waals surface area contributed by atoms with Crippen molar-refractivity contribution in [3.63, 3.8) is 0 Å². The van der Waals surface area contributed by atoms with E-state index in [-0.39, 0.29) is 0 Å². The Morgan fingerprint density at radius 3 is 1.55 bits per heavy atom. The number of carboxylic acids is 1. The van der Waals surface area contributed by atoms with Crippen molar-refractivity contribution in [2.24, 2.45) is 0 Å². The van der Waals surface area contributed by atoms with Crippen molar-refractivity contribution in [1.82, 2.24) is 4.90 Å². The van der Waals surface area contributed by atoms with Gasteiger partial charge in [0.1, 0.15) is 0 Å². The number of aliphatic carboxylic acids is 1. The second-order valence-electron chi connectivity index (χ2n) is 8.21. The van der Waals surface area contributed by atoms with Crippen LogP contribution in [0.2, 0.25) is 0 Å². The molecule has 0 saturated carbocycles. The molecule has 3 nitrogen and oxygen atoms in total. The van der Waals surface area contributed by atoms with Crippen LogP contribution in [0.1, 0.15) is 117 Å². The number of allylic oxidation sites excluding steroid dienone is 3. The fourth-order valence-corrected chi connectivity index (χ4v) is 3.56. The minimum Gasteiger partial charge on any atom is -0.481 e. The summed E-state index contributed by atoms with van der Waals surface area (Å²) in [5.74, 6) is -0.833. The summed E-state index contributed by atoms with van der Waals surface area (Å²) in [6.07, 6.45) is 31.3. The molecule has 3 heteroatoms. The first-order chi connectivity index (χ1) is 14.1. The third kappa shape index (κ3) is 21.0. The molecule has 29 heavy (non-hydrogen) atoms. The van der Waals surface area contributed by atoms with Gasteiger partial charge in [0.05, 0.1) is 0 Å². The molecular formula is C26H47NO2. The lowest BCUT2D eigenvalue weighted by molar-refractivity contribution is -0.134. The SMILES string of the molecule is C=C1C=CC=CN1CCCCCCCCCCCCCCCCCC.CC(=O)O. The van der Waals surface area contributed by atoms with Crippen LogP contribution < -0.4 is 0 Å². The molecule has 0 aromatic heterocycles. The molecule has 1 heterocycles. The molecule has 0 fully saturated rings. The van der Waals surface area contributed by atoms with Crippen LogP contribution in [0.4, 0.5) is 0 Å². The van der Waals surface area contributed by atoms with Crippen molar-refractivity contribution in [3.8, 4) is 0 Å². The van der Waals surface area contributed by atoms with Crippen molar-refractivity contribution in [2.45, 2.75) is 117 Å². The first kappa shape index (κ1) is 27.5. The smallest absolute Gasteiger partial charge is 0.300 e. The van der Waals surface area contributed by atoms with E-state index in [0.29, 0.717) is 0 Å². The summed E-state index contributed by atoms with van der Waals surface area (Å²) in [6, 6.07) is 0. The van der Waals surface area contributed by atoms with E-state index in [1.807, 2.05) is 0 Å². The Hall–Kier alpha value is -1.51. The van der Waals surface area contributed by atoms with Gasteiger partial charge in [0.25, 0.3) is 5.97 Å². The van der Waals surface area contributed by atoms with E-state index in [1.165, 1.54) is 103 Å². The second kappa shape index (κ2) is 21.2. The number of rotatable bonds is 17. The third-order valence-corrected chi connectivity index (χ3v) is 5.29. The van der Waals surface area contributed by atoms with Crippen LogP contribution in [0.5, 0.6) is 0 Å². The van der Waals surface area contributed by atoms with E-state index < -0.39 is 5.97 Å². The molecule has 0 aromatic carbocycles. The largest absolute Gasteiger partial charge is 0.481 e. The maximum absolute atomic E-state index is 9.00. The number of carboxylic acid groups (broad SMARTS) is 1. The Balaban J connectivity index is 0.00000178. The van der Waals surface area contributed by atoms with Gasteiger partial charge in [-0.1, -0.05) is 116 Å². The Labute approximate surface area is 181 Å². The van der Waals surface area contributed by atoms with Gasteiger partial charge in [0.15, 0.2) is 0 Å². The number of unbranched alkanes of at least 4 members (excludes halogenated alkanes) is 15. The molecule has 1 rings (SSSR count). The first-order valence-electron chi connectivity index (χ1n) is 12.1. The fourth-order valence-electron chi connectivity index (χ4n) is 3.56. The van der Waals surface area contributed by atoms with Gasteiger partial charge >= 0.3 is 0 Å². The molecule has 1 aliphatic heterocycles. The maximum atomic E-state index is 9.00. The van der Waals surface area contributed by atoms with Crippen LogP contribution >= 0.6 is 0 Å². The Morgan fingerprint density at radius 2 is 1.17 bits per heavy atom. The predicted octanol–water partition coefficient (Wildman–Crippen LogP) is 8.24. The number of nitrogens with zero attached hydrogens (tertiary/aromatic N) is 1. The lowest BCUT2D eigenvalue weighted by Gasteiger charge is -2.22. The predicted molar refractivity (Wildman–Crippen MR) is 127 cm³/mol. The molecule has 0 aliphatic carbocycles. The van der Waals surface area contributed by atoms with Crippen LogP contribution in [0, 0.1) is 0 Å². The monoisotopic (exact) mass is 405 g/mol. The van der Waals surface area contributed by atoms with Gasteiger partial charge in [0.2, 0.25) is 0 Å². The average molecular weight is 406 g/mol. The van der Waals surface area contributed by atoms with Crippen LogP contribution in [0.3, 0.4) is 0 Å². The molecule has 0 aromatic rings. The molecule has 1 aliphatic rings. The number of hydrogen-bond donors (Lipinski definition) is 1. The summed E-state index contributed by atoms with van der Waals surface area (Å²) in [7, 11) is 0. The van der Waals surface area contributed by atoms with Crippen LogP contribution in [0.15, 0.2) is 36.7 Å². The maximum Gasteiger partial charge on any atom is 0.300 e. The summed E-state index contributed by atoms with van der Waals surface area (Å²) < 4.78 is 0. The summed E-state index contributed by atoms with van der Waals surface area (Å²) >= 11 is 0. The molecule has 0 radical (unpaired) electrons. The van der Waals surface area contributed by atoms with Gasteiger partial charge in [-0.15, -0.1) is 0 Å². The topological polar surface area (TPSA) is 40.5 Å². The second-order valence-corrected chi connectivity index (χ2v) is 8.21. The zero-order valence-electron chi connectivity index (χ0n) is 19.3. The normalized spacial score (nSPS) is 12.8. The molecular weight excluding hydrogens is 358 g/mol. The minimum absolute atomic E-state index is 0.833. The highest BCUT2D eigenvalue weighted by Gasteiger charge is 2.03. The van der Waals surface area contributed by atoms with Gasteiger partial charge in [-0.3, -0.25) is 4.79 Å². The summed E-state index contributed by atoms with van der Waals surface area (Å²) in [5.41, 5.74) is 1.13. The Bertz CT molecular complexity index is 450. The summed E-state index contributed by atoms with van der Waals surface area (Å²) in [5, 5.41) is 7.42. The molecule has 1 N–H and O–H groups in total. The van der Waals surface area contributed by atoms with Crippen LogP contribution in [-0.4, -0.2) is 22.5 Å². The van der Waals surface area contributed by atoms with Crippen LogP contribution in [-0.2, 0) is 4.79 Å². The highest BCUT2D eigenvalue weighted by molar-refractivity contribution is 5.62. The third-order valence-electron chi connectivity index (χ3n) is 5.29. The Kier molecular flexibility index (Phi) is 20.1. The molecule has 0 atom stereocenters. The summed E-state index contributed by atoms with van der Waals surface area (Å²) in [4.78, 5) is 11.3. The van der Waals surface area contributed by atoms with Gasteiger partial charge in [-0.05, 0) is 18.6 Å². The van der Waals surface area contributed by atoms with Gasteiger partial charge < -0.3 is 10.0 Å². The van der Waals surface area contributed by atoms with Crippen molar-refractivity contribution in [3.05, 3.63) is 36.7 Å². The Morgan fingerprint density at radius 1 is 0.793 bits per heavy atom. The fraction of sp³-hybridized carbons (Fsp3) is 0.731. The average Bonchev–Trinajstić information content (AvgIpc) is 2.68. The highest BCUT2D eigenvalue weighted by atomic mass is 16.4. The van der Waals surface area contributed by atoms with Gasteiger partial charge in [0, 0.05) is 25.4 Å². The van der Waals surface area contributed by atoms with E-state index in [1.54, 1.807) is 0 Å². The van der Waals surface area contributed by atoms with E-state index in [0.717, 1.165) is 19.2 Å². The van der Waals surface area contributed by atoms with E-state index in [2.05, 4.69) is 42.8 Å². The molecule has 0 amide bonds. The quantitative estimate of drug-likeness (QED) is 0.248. The van der Waals surface area contributed by atoms with E-state index >= 15 is 0 Å². The lowest BCUT2D eigenvalue weighted by Crippen LogP contribution is -2.17.